The summed E-state index contributed by atoms with van der Waals surface area (Å²) in [7, 11) is 5.47. The van der Waals surface area contributed by atoms with Crippen molar-refractivity contribution < 1.29 is 19.4 Å². The van der Waals surface area contributed by atoms with Crippen LogP contribution < -0.4 is 25.2 Å². The van der Waals surface area contributed by atoms with E-state index in [-0.39, 0.29) is 35.9 Å². The van der Waals surface area contributed by atoms with Crippen molar-refractivity contribution in [3.8, 4) is 5.75 Å². The summed E-state index contributed by atoms with van der Waals surface area (Å²) in [5, 5.41) is 17.5. The minimum absolute atomic E-state index is 0.0754. The maximum atomic E-state index is 13.2. The number of rotatable bonds is 8. The van der Waals surface area contributed by atoms with Gasteiger partial charge in [-0.3, -0.25) is 9.59 Å². The highest BCUT2D eigenvalue weighted by Gasteiger charge is 2.54. The number of likely N-dealkylation sites (N-methyl/N-ethyl adjacent to an activating group) is 1. The van der Waals surface area contributed by atoms with Gasteiger partial charge < -0.3 is 35.2 Å². The van der Waals surface area contributed by atoms with Crippen molar-refractivity contribution in [2.75, 3.05) is 56.0 Å². The average Bonchev–Trinajstić information content (AvgIpc) is 3.66. The lowest BCUT2D eigenvalue weighted by Crippen LogP contribution is -2.55. The Bertz CT molecular complexity index is 1400. The number of carbonyl (C=O) groups is 2. The smallest absolute Gasteiger partial charge is 0.251 e. The van der Waals surface area contributed by atoms with E-state index in [1.165, 1.54) is 0 Å². The van der Waals surface area contributed by atoms with Crippen LogP contribution in [0.15, 0.2) is 24.4 Å². The van der Waals surface area contributed by atoms with Crippen molar-refractivity contribution in [2.24, 2.45) is 11.3 Å². The Morgan fingerprint density at radius 2 is 2.00 bits per heavy atom. The lowest BCUT2D eigenvalue weighted by molar-refractivity contribution is -0.120. The van der Waals surface area contributed by atoms with E-state index >= 15 is 0 Å². The maximum absolute atomic E-state index is 13.2. The monoisotopic (exact) mass is 591 g/mol. The van der Waals surface area contributed by atoms with E-state index in [0.717, 1.165) is 44.6 Å². The summed E-state index contributed by atoms with van der Waals surface area (Å²) in [4.78, 5) is 42.0. The van der Waals surface area contributed by atoms with Crippen molar-refractivity contribution >= 4 is 35.0 Å². The van der Waals surface area contributed by atoms with Gasteiger partial charge >= 0.3 is 0 Å². The molecule has 11 nitrogen and oxygen atoms in total. The predicted octanol–water partition coefficient (Wildman–Crippen LogP) is 3.56. The summed E-state index contributed by atoms with van der Waals surface area (Å²) < 4.78 is 5.64. The number of nitrogens with zero attached hydrogens (tertiary/aromatic N) is 5. The van der Waals surface area contributed by atoms with Gasteiger partial charge in [-0.15, -0.1) is 0 Å². The van der Waals surface area contributed by atoms with Gasteiger partial charge in [-0.25, -0.2) is 4.98 Å². The highest BCUT2D eigenvalue weighted by Crippen LogP contribution is 2.52. The number of ether oxygens (including phenoxy) is 1. The van der Waals surface area contributed by atoms with E-state index in [0.29, 0.717) is 53.8 Å². The molecule has 2 amide bonds. The second-order valence-electron chi connectivity index (χ2n) is 13.4. The van der Waals surface area contributed by atoms with Crippen LogP contribution in [-0.2, 0) is 4.79 Å². The molecular weight excluding hydrogens is 546 g/mol. The average molecular weight is 592 g/mol. The number of hydrogen-bond acceptors (Lipinski definition) is 9. The normalized spacial score (nSPS) is 29.1. The molecule has 3 fully saturated rings. The first-order valence-electron chi connectivity index (χ1n) is 15.6. The standard InChI is InChI=1S/C32H45N7O4/c1-6-24-29(41)38(4)25-15-33-30(36-27(25)39(24)22-9-7-8-10-22)35-23-12-11-20(13-26(23)43-5)28(40)34-18-32(42)14-21-16-37(3)19-31(21,2)17-32/h11-13,15,21-22,24,42H,6-10,14,16-19H2,1-5H3,(H,34,40)(H,33,35,36). The van der Waals surface area contributed by atoms with Gasteiger partial charge in [-0.05, 0) is 68.7 Å². The van der Waals surface area contributed by atoms with Gasteiger partial charge in [0.05, 0.1) is 24.6 Å². The Hall–Kier alpha value is -3.44. The number of carbonyl (C=O) groups excluding carboxylic acids is 2. The zero-order valence-electron chi connectivity index (χ0n) is 26.0. The number of nitrogens with one attached hydrogen (secondary N) is 2. The highest BCUT2D eigenvalue weighted by atomic mass is 16.5. The number of aliphatic hydroxyl groups is 1. The summed E-state index contributed by atoms with van der Waals surface area (Å²) in [6.07, 6.45) is 8.19. The number of aromatic nitrogens is 2. The van der Waals surface area contributed by atoms with Gasteiger partial charge in [-0.2, -0.15) is 4.98 Å². The Labute approximate surface area is 254 Å². The maximum Gasteiger partial charge on any atom is 0.251 e. The fraction of sp³-hybridized carbons (Fsp3) is 0.625. The second kappa shape index (κ2) is 11.2. The lowest BCUT2D eigenvalue weighted by atomic mass is 9.83. The quantitative estimate of drug-likeness (QED) is 0.423. The molecule has 2 aliphatic carbocycles. The molecule has 2 aliphatic heterocycles. The lowest BCUT2D eigenvalue weighted by Gasteiger charge is -2.43. The minimum Gasteiger partial charge on any atom is -0.495 e. The van der Waals surface area contributed by atoms with E-state index < -0.39 is 5.60 Å². The highest BCUT2D eigenvalue weighted by molar-refractivity contribution is 6.04. The Morgan fingerprint density at radius 1 is 1.23 bits per heavy atom. The minimum atomic E-state index is -0.895. The zero-order chi connectivity index (χ0) is 30.5. The molecule has 232 valence electrons. The molecule has 2 aromatic rings. The van der Waals surface area contributed by atoms with Crippen LogP contribution in [0.5, 0.6) is 5.75 Å². The van der Waals surface area contributed by atoms with Gasteiger partial charge in [-0.1, -0.05) is 26.7 Å². The molecule has 0 bridgehead atoms. The molecule has 11 heteroatoms. The van der Waals surface area contributed by atoms with Crippen LogP contribution in [-0.4, -0.2) is 90.3 Å². The summed E-state index contributed by atoms with van der Waals surface area (Å²) in [6, 6.07) is 5.22. The second-order valence-corrected chi connectivity index (χ2v) is 13.4. The third-order valence-electron chi connectivity index (χ3n) is 10.2. The fourth-order valence-electron chi connectivity index (χ4n) is 8.18. The van der Waals surface area contributed by atoms with Crippen LogP contribution in [0.4, 0.5) is 23.1 Å². The first-order chi connectivity index (χ1) is 20.5. The van der Waals surface area contributed by atoms with E-state index in [2.05, 4.69) is 39.4 Å². The molecule has 3 heterocycles. The van der Waals surface area contributed by atoms with E-state index in [1.807, 2.05) is 6.92 Å². The summed E-state index contributed by atoms with van der Waals surface area (Å²) in [5.74, 6) is 1.89. The van der Waals surface area contributed by atoms with Gasteiger partial charge in [0.1, 0.15) is 17.5 Å². The van der Waals surface area contributed by atoms with Crippen LogP contribution >= 0.6 is 0 Å². The van der Waals surface area contributed by atoms with E-state index in [4.69, 9.17) is 9.72 Å². The van der Waals surface area contributed by atoms with Crippen LogP contribution in [0.25, 0.3) is 0 Å². The molecule has 3 N–H and O–H groups in total. The van der Waals surface area contributed by atoms with Crippen molar-refractivity contribution in [1.82, 2.24) is 20.2 Å². The summed E-state index contributed by atoms with van der Waals surface area (Å²) in [6.45, 7) is 6.47. The van der Waals surface area contributed by atoms with Crippen molar-refractivity contribution in [3.05, 3.63) is 30.0 Å². The number of fused-ring (bicyclic) bond motifs is 2. The molecule has 4 aliphatic rings. The van der Waals surface area contributed by atoms with Gasteiger partial charge in [0.25, 0.3) is 5.91 Å². The van der Waals surface area contributed by atoms with Crippen LogP contribution in [0.3, 0.4) is 0 Å². The van der Waals surface area contributed by atoms with Crippen molar-refractivity contribution in [3.63, 3.8) is 0 Å². The SMILES string of the molecule is CCC1C(=O)N(C)c2cnc(Nc3ccc(C(=O)NCC4(O)CC5CN(C)CC5(C)C4)cc3OC)nc2N1C1CCCC1. The Kier molecular flexibility index (Phi) is 7.75. The number of likely N-dealkylation sites (tertiary alicyclic amines) is 1. The Balaban J connectivity index is 1.17. The van der Waals surface area contributed by atoms with Crippen LogP contribution in [0.2, 0.25) is 0 Å². The predicted molar refractivity (Wildman–Crippen MR) is 166 cm³/mol. The molecular formula is C32H45N7O4. The summed E-state index contributed by atoms with van der Waals surface area (Å²) >= 11 is 0. The molecule has 4 atom stereocenters. The molecule has 6 rings (SSSR count). The number of benzene rings is 1. The summed E-state index contributed by atoms with van der Waals surface area (Å²) in [5.41, 5.74) is 0.964. The number of anilines is 4. The number of methoxy groups -OCH3 is 1. The molecule has 0 spiro atoms. The molecule has 2 saturated carbocycles. The van der Waals surface area contributed by atoms with Crippen LogP contribution in [0, 0.1) is 11.3 Å². The van der Waals surface area contributed by atoms with Crippen molar-refractivity contribution in [1.29, 1.82) is 0 Å². The van der Waals surface area contributed by atoms with Gasteiger partial charge in [0.15, 0.2) is 5.82 Å². The molecule has 0 radical (unpaired) electrons. The van der Waals surface area contributed by atoms with Crippen LogP contribution in [0.1, 0.15) is 69.2 Å². The first kappa shape index (κ1) is 29.6. The number of amides is 2. The first-order valence-corrected chi connectivity index (χ1v) is 15.6. The van der Waals surface area contributed by atoms with Crippen molar-refractivity contribution in [2.45, 2.75) is 76.5 Å². The molecule has 1 saturated heterocycles. The third-order valence-corrected chi connectivity index (χ3v) is 10.2. The Morgan fingerprint density at radius 3 is 2.70 bits per heavy atom. The third kappa shape index (κ3) is 5.42. The molecule has 1 aromatic heterocycles. The molecule has 43 heavy (non-hydrogen) atoms. The largest absolute Gasteiger partial charge is 0.495 e. The van der Waals surface area contributed by atoms with E-state index in [9.17, 15) is 14.7 Å². The van der Waals surface area contributed by atoms with Gasteiger partial charge in [0, 0.05) is 38.3 Å². The topological polar surface area (TPSA) is 123 Å². The van der Waals surface area contributed by atoms with Gasteiger partial charge in [0.2, 0.25) is 11.9 Å². The zero-order valence-corrected chi connectivity index (χ0v) is 26.0. The molecule has 1 aromatic carbocycles. The number of hydrogen-bond donors (Lipinski definition) is 3. The fourth-order valence-corrected chi connectivity index (χ4v) is 8.18. The van der Waals surface area contributed by atoms with E-state index in [1.54, 1.807) is 43.5 Å². The molecule has 4 unspecified atom stereocenters.